The number of nitrogens with zero attached hydrogens (tertiary/aromatic N) is 1. The van der Waals surface area contributed by atoms with Crippen molar-refractivity contribution in [1.82, 2.24) is 0 Å². The van der Waals surface area contributed by atoms with Crippen LogP contribution in [0, 0.1) is 0 Å². The van der Waals surface area contributed by atoms with Crippen LogP contribution in [0.5, 0.6) is 0 Å². The zero-order chi connectivity index (χ0) is 19.5. The molecule has 0 atom stereocenters. The normalized spacial score (nSPS) is 13.7. The van der Waals surface area contributed by atoms with Gasteiger partial charge in [0.05, 0.1) is 5.69 Å². The molecular weight excluding hydrogens is 358 g/mol. The number of Topliss-reactive ketones (excluding diaryl/α,β-unsaturated/α-hetero) is 1. The van der Waals surface area contributed by atoms with Gasteiger partial charge in [0.25, 0.3) is 0 Å². The summed E-state index contributed by atoms with van der Waals surface area (Å²) in [5, 5.41) is 0.543. The summed E-state index contributed by atoms with van der Waals surface area (Å²) in [6.07, 6.45) is 15.0. The van der Waals surface area contributed by atoms with Gasteiger partial charge in [0.2, 0.25) is 5.91 Å². The molecule has 1 amide bonds. The van der Waals surface area contributed by atoms with Crippen molar-refractivity contribution in [3.63, 3.8) is 0 Å². The molecule has 150 valence electrons. The molecule has 0 saturated carbocycles. The maximum Gasteiger partial charge on any atom is 0.227 e. The predicted octanol–water partition coefficient (Wildman–Crippen LogP) is 6.96. The summed E-state index contributed by atoms with van der Waals surface area (Å²) in [7, 11) is 0. The topological polar surface area (TPSA) is 37.4 Å². The lowest BCUT2D eigenvalue weighted by Gasteiger charge is -2.29. The van der Waals surface area contributed by atoms with Gasteiger partial charge in [0, 0.05) is 30.0 Å². The molecule has 1 heterocycles. The second-order valence-electron chi connectivity index (χ2n) is 7.67. The maximum atomic E-state index is 12.6. The van der Waals surface area contributed by atoms with Crippen LogP contribution in [0.4, 0.5) is 5.69 Å². The summed E-state index contributed by atoms with van der Waals surface area (Å²) in [5.74, 6) is 0.202. The minimum atomic E-state index is 0.0752. The SMILES string of the molecule is CCCCCCCCCCCCCC(=O)N1CCC(=O)c2cc(Cl)ccc21. The lowest BCUT2D eigenvalue weighted by Crippen LogP contribution is -2.37. The van der Waals surface area contributed by atoms with E-state index in [2.05, 4.69) is 6.92 Å². The van der Waals surface area contributed by atoms with Crippen molar-refractivity contribution >= 4 is 29.0 Å². The molecule has 0 radical (unpaired) electrons. The van der Waals surface area contributed by atoms with Gasteiger partial charge in [-0.1, -0.05) is 82.7 Å². The molecule has 0 saturated heterocycles. The molecule has 3 nitrogen and oxygen atoms in total. The summed E-state index contributed by atoms with van der Waals surface area (Å²) in [5.41, 5.74) is 1.31. The first-order chi connectivity index (χ1) is 13.1. The molecular formula is C23H34ClNO2. The van der Waals surface area contributed by atoms with Gasteiger partial charge in [0.15, 0.2) is 5.78 Å². The third-order valence-corrected chi connectivity index (χ3v) is 5.64. The van der Waals surface area contributed by atoms with Crippen LogP contribution in [0.25, 0.3) is 0 Å². The largest absolute Gasteiger partial charge is 0.311 e. The van der Waals surface area contributed by atoms with Crippen molar-refractivity contribution in [3.05, 3.63) is 28.8 Å². The molecule has 1 aliphatic heterocycles. The van der Waals surface area contributed by atoms with Gasteiger partial charge in [-0.25, -0.2) is 0 Å². The number of halogens is 1. The molecule has 0 unspecified atom stereocenters. The Kier molecular flexibility index (Phi) is 9.90. The number of carbonyl (C=O) groups is 2. The Bertz CT molecular complexity index is 614. The lowest BCUT2D eigenvalue weighted by molar-refractivity contribution is -0.118. The summed E-state index contributed by atoms with van der Waals surface area (Å²) in [6.45, 7) is 2.74. The van der Waals surface area contributed by atoms with Gasteiger partial charge >= 0.3 is 0 Å². The molecule has 1 aromatic carbocycles. The number of anilines is 1. The van der Waals surface area contributed by atoms with E-state index in [4.69, 9.17) is 11.6 Å². The fourth-order valence-corrected chi connectivity index (χ4v) is 3.94. The number of hydrogen-bond donors (Lipinski definition) is 0. The van der Waals surface area contributed by atoms with Gasteiger partial charge in [0.1, 0.15) is 0 Å². The highest BCUT2D eigenvalue weighted by atomic mass is 35.5. The van der Waals surface area contributed by atoms with Crippen LogP contribution in [-0.4, -0.2) is 18.2 Å². The zero-order valence-corrected chi connectivity index (χ0v) is 17.5. The molecule has 0 spiro atoms. The van der Waals surface area contributed by atoms with Crippen molar-refractivity contribution in [1.29, 1.82) is 0 Å². The fraction of sp³-hybridized carbons (Fsp3) is 0.652. The lowest BCUT2D eigenvalue weighted by atomic mass is 9.99. The Labute approximate surface area is 169 Å². The minimum Gasteiger partial charge on any atom is -0.311 e. The standard InChI is InChI=1S/C23H34ClNO2/c1-2-3-4-5-6-7-8-9-10-11-12-13-23(27)25-17-16-22(26)20-18-19(24)14-15-21(20)25/h14-15,18H,2-13,16-17H2,1H3. The molecule has 0 aromatic heterocycles. The van der Waals surface area contributed by atoms with E-state index in [0.29, 0.717) is 30.0 Å². The number of fused-ring (bicyclic) bond motifs is 1. The van der Waals surface area contributed by atoms with Gasteiger partial charge in [-0.2, -0.15) is 0 Å². The zero-order valence-electron chi connectivity index (χ0n) is 16.8. The Balaban J connectivity index is 1.62. The highest BCUT2D eigenvalue weighted by Gasteiger charge is 2.26. The second kappa shape index (κ2) is 12.2. The number of benzene rings is 1. The number of hydrogen-bond acceptors (Lipinski definition) is 2. The van der Waals surface area contributed by atoms with E-state index in [1.54, 1.807) is 23.1 Å². The summed E-state index contributed by atoms with van der Waals surface area (Å²) in [6, 6.07) is 5.23. The number of rotatable bonds is 12. The molecule has 1 aliphatic rings. The van der Waals surface area contributed by atoms with Gasteiger partial charge < -0.3 is 4.90 Å². The van der Waals surface area contributed by atoms with Crippen LogP contribution < -0.4 is 4.90 Å². The summed E-state index contributed by atoms with van der Waals surface area (Å²) in [4.78, 5) is 26.4. The molecule has 27 heavy (non-hydrogen) atoms. The molecule has 0 N–H and O–H groups in total. The minimum absolute atomic E-state index is 0.0752. The summed E-state index contributed by atoms with van der Waals surface area (Å²) < 4.78 is 0. The molecule has 0 aliphatic carbocycles. The predicted molar refractivity (Wildman–Crippen MR) is 114 cm³/mol. The summed E-state index contributed by atoms with van der Waals surface area (Å²) >= 11 is 6.00. The Morgan fingerprint density at radius 3 is 2.19 bits per heavy atom. The maximum absolute atomic E-state index is 12.6. The average Bonchev–Trinajstić information content (AvgIpc) is 2.66. The van der Waals surface area contributed by atoms with Crippen LogP contribution in [0.15, 0.2) is 18.2 Å². The smallest absolute Gasteiger partial charge is 0.227 e. The van der Waals surface area contributed by atoms with Crippen LogP contribution in [0.2, 0.25) is 5.02 Å². The van der Waals surface area contributed by atoms with Gasteiger partial charge in [-0.15, -0.1) is 0 Å². The molecule has 2 rings (SSSR count). The average molecular weight is 392 g/mol. The van der Waals surface area contributed by atoms with Crippen LogP contribution >= 0.6 is 11.6 Å². The van der Waals surface area contributed by atoms with E-state index in [0.717, 1.165) is 18.5 Å². The highest BCUT2D eigenvalue weighted by molar-refractivity contribution is 6.31. The van der Waals surface area contributed by atoms with Gasteiger partial charge in [-0.3, -0.25) is 9.59 Å². The molecule has 0 bridgehead atoms. The first kappa shape index (κ1) is 21.9. The van der Waals surface area contributed by atoms with E-state index >= 15 is 0 Å². The van der Waals surface area contributed by atoms with E-state index in [9.17, 15) is 9.59 Å². The second-order valence-corrected chi connectivity index (χ2v) is 8.10. The van der Waals surface area contributed by atoms with Crippen LogP contribution in [-0.2, 0) is 4.79 Å². The Morgan fingerprint density at radius 2 is 1.56 bits per heavy atom. The number of amides is 1. The van der Waals surface area contributed by atoms with Crippen molar-refractivity contribution in [2.24, 2.45) is 0 Å². The van der Waals surface area contributed by atoms with Gasteiger partial charge in [-0.05, 0) is 24.6 Å². The third kappa shape index (κ3) is 7.29. The monoisotopic (exact) mass is 391 g/mol. The fourth-order valence-electron chi connectivity index (χ4n) is 3.77. The Morgan fingerprint density at radius 1 is 0.963 bits per heavy atom. The van der Waals surface area contributed by atoms with Crippen molar-refractivity contribution in [3.8, 4) is 0 Å². The quantitative estimate of drug-likeness (QED) is 0.361. The number of ketones is 1. The van der Waals surface area contributed by atoms with E-state index in [-0.39, 0.29) is 11.7 Å². The van der Waals surface area contributed by atoms with Crippen LogP contribution in [0.1, 0.15) is 101 Å². The number of unbranched alkanes of at least 4 members (excludes halogenated alkanes) is 10. The Hall–Kier alpha value is -1.35. The highest BCUT2D eigenvalue weighted by Crippen LogP contribution is 2.30. The van der Waals surface area contributed by atoms with Crippen molar-refractivity contribution < 1.29 is 9.59 Å². The third-order valence-electron chi connectivity index (χ3n) is 5.41. The van der Waals surface area contributed by atoms with E-state index in [1.165, 1.54) is 57.8 Å². The van der Waals surface area contributed by atoms with Crippen molar-refractivity contribution in [2.75, 3.05) is 11.4 Å². The van der Waals surface area contributed by atoms with Crippen LogP contribution in [0.3, 0.4) is 0 Å². The first-order valence-corrected chi connectivity index (χ1v) is 11.1. The number of carbonyl (C=O) groups excluding carboxylic acids is 2. The molecule has 4 heteroatoms. The first-order valence-electron chi connectivity index (χ1n) is 10.8. The molecule has 1 aromatic rings. The van der Waals surface area contributed by atoms with E-state index < -0.39 is 0 Å². The molecule has 0 fully saturated rings. The van der Waals surface area contributed by atoms with E-state index in [1.807, 2.05) is 0 Å². The van der Waals surface area contributed by atoms with Crippen molar-refractivity contribution in [2.45, 2.75) is 90.4 Å².